The van der Waals surface area contributed by atoms with Crippen molar-refractivity contribution in [3.8, 4) is 0 Å². The lowest BCUT2D eigenvalue weighted by Crippen LogP contribution is -2.68. The quantitative estimate of drug-likeness (QED) is 0.0313. The Labute approximate surface area is 533 Å². The summed E-state index contributed by atoms with van der Waals surface area (Å²) in [5.41, 5.74) is 3.40. The molecule has 0 aromatic carbocycles. The number of fused-ring (bicyclic) bond motifs is 8. The largest absolute Gasteiger partial charge is 0.481 e. The van der Waals surface area contributed by atoms with E-state index in [1.807, 2.05) is 26.8 Å². The first-order valence-corrected chi connectivity index (χ1v) is 32.9. The number of hydrogen-bond donors (Lipinski definition) is 9. The van der Waals surface area contributed by atoms with Crippen molar-refractivity contribution in [2.24, 2.45) is 61.1 Å². The maximum absolute atomic E-state index is 14.8. The van der Waals surface area contributed by atoms with E-state index in [1.165, 1.54) is 12.7 Å². The fraction of sp³-hybridized carbons (Fsp3) is 0.790. The van der Waals surface area contributed by atoms with Gasteiger partial charge in [0.15, 0.2) is 42.0 Å². The van der Waals surface area contributed by atoms with Crippen molar-refractivity contribution >= 4 is 60.2 Å². The summed E-state index contributed by atoms with van der Waals surface area (Å²) in [4.78, 5) is 87.3. The number of aromatic nitrogens is 4. The smallest absolute Gasteiger partial charge is 0.361 e. The first-order chi connectivity index (χ1) is 42.5. The Hall–Kier alpha value is -5.14. The highest BCUT2D eigenvalue weighted by Gasteiger charge is 2.71. The van der Waals surface area contributed by atoms with Gasteiger partial charge < -0.3 is 84.3 Å². The van der Waals surface area contributed by atoms with Crippen molar-refractivity contribution in [2.75, 3.05) is 32.3 Å². The molecule has 10 N–H and O–H groups in total. The molecular weight excluding hydrogens is 1230 g/mol. The summed E-state index contributed by atoms with van der Waals surface area (Å²) in [6.07, 6.45) is -9.86. The molecule has 9 rings (SSSR count). The molecule has 2 aromatic heterocycles. The highest BCUT2D eigenvalue weighted by Crippen LogP contribution is 2.75. The average Bonchev–Trinajstić information content (AvgIpc) is 0.731. The Morgan fingerprint density at radius 1 is 0.717 bits per heavy atom. The number of aliphatic hydroxyl groups excluding tert-OH is 5. The van der Waals surface area contributed by atoms with Gasteiger partial charge >= 0.3 is 37.4 Å². The summed E-state index contributed by atoms with van der Waals surface area (Å²) >= 11 is 0. The molecule has 2 aromatic rings. The number of imidazole rings is 1. The van der Waals surface area contributed by atoms with Crippen LogP contribution in [0.4, 0.5) is 5.82 Å². The Morgan fingerprint density at radius 3 is 1.87 bits per heavy atom. The van der Waals surface area contributed by atoms with Crippen LogP contribution in [0.5, 0.6) is 0 Å². The number of carboxylic acids is 3. The van der Waals surface area contributed by atoms with Crippen LogP contribution >= 0.6 is 7.60 Å². The molecule has 92 heavy (non-hydrogen) atoms. The predicted molar refractivity (Wildman–Crippen MR) is 321 cm³/mol. The zero-order valence-corrected chi connectivity index (χ0v) is 55.5. The van der Waals surface area contributed by atoms with E-state index >= 15 is 0 Å². The third-order valence-electron chi connectivity index (χ3n) is 21.5. The number of nitrogens with zero attached hydrogens (tertiary/aromatic N) is 4. The number of aliphatic hydroxyl groups is 5. The maximum atomic E-state index is 14.8. The number of aliphatic carboxylic acids is 3. The molecule has 29 nitrogen and oxygen atoms in total. The standard InChI is InChI=1S/C42H62O16.C20H32N5O8P/c1-37(2)21-8-11-42(7)31(20(43)16-18-19-17-39(4,36(53)54)13-12-38(19,3)14-15-41(18,42)6)40(21,5)10-9-22(37)55-35-30(26(47)25(46)29(57-35)33(51)52)58-34-27(48)23(44)24(45)28(56-34)32(49)50;1-19(2,3)17(26)30-11-32-34(28,33-12-31-18(27)20(4,5)6)13-29-8-7-25-10-24-14-15(21)22-9-23-16(14)25/h16,19,21-31,34-35,44-48H,8-15,17H2,1-7H3,(H,49,50)(H,51,52)(H,53,54);9-10H,7-8,11-13H2,1-6H3,(H2,21,22,23)/t19-,21-,22-,23-,24-,25-,26-,27+,28-,29-,30+,31+,34-,35-,38+,39-,40-,41+,42+;/m0./s1. The topological polar surface area (TPSA) is 434 Å². The number of carbonyl (C=O) groups excluding carboxylic acids is 3. The van der Waals surface area contributed by atoms with Crippen molar-refractivity contribution in [3.63, 3.8) is 0 Å². The summed E-state index contributed by atoms with van der Waals surface area (Å²) in [6, 6.07) is 0. The Morgan fingerprint density at radius 2 is 1.29 bits per heavy atom. The van der Waals surface area contributed by atoms with Gasteiger partial charge in [-0.15, -0.1) is 0 Å². The summed E-state index contributed by atoms with van der Waals surface area (Å²) in [5, 5.41) is 83.0. The van der Waals surface area contributed by atoms with E-state index in [9.17, 15) is 74.2 Å². The minimum absolute atomic E-state index is 0.0217. The van der Waals surface area contributed by atoms with Crippen LogP contribution in [0.25, 0.3) is 11.2 Å². The van der Waals surface area contributed by atoms with E-state index in [4.69, 9.17) is 47.9 Å². The second-order valence-corrected chi connectivity index (χ2v) is 32.0. The van der Waals surface area contributed by atoms with Gasteiger partial charge in [0, 0.05) is 12.5 Å². The predicted octanol–water partition coefficient (Wildman–Crippen LogP) is 4.95. The van der Waals surface area contributed by atoms with Gasteiger partial charge in [-0.05, 0) is 151 Å². The van der Waals surface area contributed by atoms with Crippen LogP contribution in [-0.2, 0) is 82.1 Å². The average molecular weight is 1320 g/mol. The van der Waals surface area contributed by atoms with E-state index in [1.54, 1.807) is 46.1 Å². The second kappa shape index (κ2) is 26.5. The number of esters is 2. The van der Waals surface area contributed by atoms with Gasteiger partial charge in [-0.25, -0.2) is 24.5 Å². The van der Waals surface area contributed by atoms with E-state index in [0.29, 0.717) is 43.4 Å². The van der Waals surface area contributed by atoms with Gasteiger partial charge in [0.25, 0.3) is 0 Å². The molecule has 7 aliphatic rings. The lowest BCUT2D eigenvalue weighted by atomic mass is 9.33. The van der Waals surface area contributed by atoms with Gasteiger partial charge in [0.05, 0.1) is 35.3 Å². The zero-order valence-electron chi connectivity index (χ0n) is 54.6. The SMILES string of the molecule is CC(C)(C)C(=O)OCOP(=O)(COCCn1cnc2c(N)ncnc21)OCOC(=O)C(C)(C)C.CC1(C)[C@@H](O[C@H]2O[C@H](C(=O)O)[C@@H](O)[C@H](O)[C@H]2O[C@@H]2O[C@H](C(=O)O)[C@@H](O)[C@H](O)[C@H]2O)CC[C@]2(C)[C@H]3C(=O)C=C4[C@@H]5C[C@@](C)(C(=O)O)CC[C@]5(C)CC[C@@]4(C)[C@]3(C)CC[C@@H]12. The Balaban J connectivity index is 0.000000273. The number of ether oxygens (including phenoxy) is 7. The lowest BCUT2D eigenvalue weighted by molar-refractivity contribution is -0.371. The molecule has 5 aliphatic carbocycles. The molecule has 0 bridgehead atoms. The van der Waals surface area contributed by atoms with Gasteiger partial charge in [-0.3, -0.25) is 32.8 Å². The third kappa shape index (κ3) is 13.8. The normalized spacial score (nSPS) is 37.8. The van der Waals surface area contributed by atoms with Crippen LogP contribution in [-0.4, -0.2) is 190 Å². The van der Waals surface area contributed by atoms with E-state index in [-0.39, 0.29) is 46.8 Å². The van der Waals surface area contributed by atoms with Crippen LogP contribution in [0.2, 0.25) is 0 Å². The monoisotopic (exact) mass is 1320 g/mol. The number of allylic oxidation sites excluding steroid dienone is 2. The molecule has 19 atom stereocenters. The molecule has 2 aliphatic heterocycles. The van der Waals surface area contributed by atoms with Crippen molar-refractivity contribution in [1.29, 1.82) is 0 Å². The molecule has 30 heteroatoms. The summed E-state index contributed by atoms with van der Waals surface area (Å²) in [6.45, 7) is 24.0. The first-order valence-electron chi connectivity index (χ1n) is 31.2. The van der Waals surface area contributed by atoms with Crippen LogP contribution in [0, 0.1) is 61.1 Å². The van der Waals surface area contributed by atoms with Crippen LogP contribution in [0.1, 0.15) is 148 Å². The van der Waals surface area contributed by atoms with Gasteiger partial charge in [0.2, 0.25) is 13.6 Å². The number of carbonyl (C=O) groups is 6. The molecule has 0 amide bonds. The highest BCUT2D eigenvalue weighted by atomic mass is 31.2. The van der Waals surface area contributed by atoms with E-state index in [2.05, 4.69) is 42.6 Å². The summed E-state index contributed by atoms with van der Waals surface area (Å²) in [7, 11) is -3.95. The molecular formula is C62H94N5O24P. The van der Waals surface area contributed by atoms with Crippen molar-refractivity contribution < 1.29 is 116 Å². The number of nitrogen functional groups attached to an aromatic ring is 1. The molecule has 4 saturated carbocycles. The highest BCUT2D eigenvalue weighted by molar-refractivity contribution is 7.53. The Kier molecular flexibility index (Phi) is 20.9. The summed E-state index contributed by atoms with van der Waals surface area (Å²) in [5.74, 6) is -5.31. The number of carboxylic acid groups (broad SMARTS) is 3. The minimum Gasteiger partial charge on any atom is -0.481 e. The van der Waals surface area contributed by atoms with Crippen LogP contribution in [0.3, 0.4) is 0 Å². The van der Waals surface area contributed by atoms with E-state index < -0.39 is 157 Å². The lowest BCUT2D eigenvalue weighted by Gasteiger charge is -2.70. The number of anilines is 1. The molecule has 0 radical (unpaired) electrons. The van der Waals surface area contributed by atoms with Gasteiger partial charge in [-0.1, -0.05) is 47.1 Å². The fourth-order valence-corrected chi connectivity index (χ4v) is 16.6. The molecule has 2 saturated heterocycles. The van der Waals surface area contributed by atoms with Gasteiger partial charge in [0.1, 0.15) is 54.8 Å². The molecule has 0 spiro atoms. The second-order valence-electron chi connectivity index (χ2n) is 30.0. The first kappa shape index (κ1) is 72.7. The zero-order chi connectivity index (χ0) is 68.4. The van der Waals surface area contributed by atoms with Crippen LogP contribution < -0.4 is 5.73 Å². The number of nitrogens with two attached hydrogens (primary N) is 1. The summed E-state index contributed by atoms with van der Waals surface area (Å²) < 4.78 is 64.0. The molecule has 4 heterocycles. The maximum Gasteiger partial charge on any atom is 0.361 e. The Bertz CT molecular complexity index is 3150. The van der Waals surface area contributed by atoms with E-state index in [0.717, 1.165) is 37.7 Å². The number of ketones is 1. The molecule has 516 valence electrons. The minimum atomic E-state index is -3.95. The molecule has 0 unspecified atom stereocenters. The number of hydrogen-bond acceptors (Lipinski definition) is 25. The molecule has 6 fully saturated rings. The fourth-order valence-electron chi connectivity index (χ4n) is 15.6. The van der Waals surface area contributed by atoms with Crippen molar-refractivity contribution in [2.45, 2.75) is 222 Å². The van der Waals surface area contributed by atoms with Crippen LogP contribution in [0.15, 0.2) is 24.3 Å². The van der Waals surface area contributed by atoms with Gasteiger partial charge in [-0.2, -0.15) is 0 Å². The van der Waals surface area contributed by atoms with Crippen molar-refractivity contribution in [1.82, 2.24) is 19.5 Å². The third-order valence-corrected chi connectivity index (χ3v) is 23.0. The number of rotatable bonds is 18. The van der Waals surface area contributed by atoms with Crippen molar-refractivity contribution in [3.05, 3.63) is 24.3 Å².